The summed E-state index contributed by atoms with van der Waals surface area (Å²) in [6.07, 6.45) is 0.878. The molecule has 1 rings (SSSR count). The highest BCUT2D eigenvalue weighted by Crippen LogP contribution is 2.25. The summed E-state index contributed by atoms with van der Waals surface area (Å²) >= 11 is 0. The van der Waals surface area contributed by atoms with Gasteiger partial charge in [0, 0.05) is 13.1 Å². The summed E-state index contributed by atoms with van der Waals surface area (Å²) < 4.78 is 0. The third-order valence-electron chi connectivity index (χ3n) is 3.72. The van der Waals surface area contributed by atoms with Crippen LogP contribution in [0.2, 0.25) is 0 Å². The summed E-state index contributed by atoms with van der Waals surface area (Å²) in [7, 11) is 1.66. The van der Waals surface area contributed by atoms with Crippen molar-refractivity contribution in [1.82, 2.24) is 10.2 Å². The van der Waals surface area contributed by atoms with E-state index in [0.29, 0.717) is 6.54 Å². The topological polar surface area (TPSA) is 58.4 Å². The third-order valence-corrected chi connectivity index (χ3v) is 3.72. The number of likely N-dealkylation sites (N-methyl/N-ethyl adjacent to an activating group) is 2. The van der Waals surface area contributed by atoms with Crippen LogP contribution in [-0.4, -0.2) is 37.0 Å². The van der Waals surface area contributed by atoms with Crippen LogP contribution in [0.5, 0.6) is 0 Å². The van der Waals surface area contributed by atoms with Crippen LogP contribution in [0.4, 0.5) is 0 Å². The highest BCUT2D eigenvalue weighted by molar-refractivity contribution is 5.77. The van der Waals surface area contributed by atoms with E-state index in [1.165, 1.54) is 11.1 Å². The quantitative estimate of drug-likeness (QED) is 0.799. The van der Waals surface area contributed by atoms with Crippen LogP contribution in [0.3, 0.4) is 0 Å². The van der Waals surface area contributed by atoms with Crippen LogP contribution >= 0.6 is 0 Å². The van der Waals surface area contributed by atoms with Crippen molar-refractivity contribution in [3.8, 4) is 0 Å². The fraction of sp³-hybridized carbons (Fsp3) is 0.562. The predicted molar refractivity (Wildman–Crippen MR) is 83.5 cm³/mol. The molecule has 0 aromatic heterocycles. The fourth-order valence-corrected chi connectivity index (χ4v) is 2.39. The second-order valence-electron chi connectivity index (χ2n) is 5.16. The molecule has 0 bridgehead atoms. The molecule has 0 saturated heterocycles. The van der Waals surface area contributed by atoms with E-state index in [0.717, 1.165) is 13.0 Å². The number of aryl methyl sites for hydroxylation is 1. The number of nitrogens with two attached hydrogens (primary N) is 1. The van der Waals surface area contributed by atoms with Gasteiger partial charge in [-0.2, -0.15) is 0 Å². The first-order valence-electron chi connectivity index (χ1n) is 7.30. The molecular weight excluding hydrogens is 250 g/mol. The van der Waals surface area contributed by atoms with Crippen LogP contribution in [0.25, 0.3) is 0 Å². The number of hydrogen-bond acceptors (Lipinski definition) is 3. The molecule has 4 nitrogen and oxygen atoms in total. The van der Waals surface area contributed by atoms with Gasteiger partial charge in [0.2, 0.25) is 5.91 Å². The molecule has 20 heavy (non-hydrogen) atoms. The fourth-order valence-electron chi connectivity index (χ4n) is 2.39. The molecule has 0 fully saturated rings. The SMILES string of the molecule is CCC(N)C(c1ccc(C)cc1)N(CC)CC(=O)NC. The van der Waals surface area contributed by atoms with Gasteiger partial charge in [0.15, 0.2) is 0 Å². The number of nitrogens with one attached hydrogen (secondary N) is 1. The number of amides is 1. The smallest absolute Gasteiger partial charge is 0.233 e. The van der Waals surface area contributed by atoms with Crippen LogP contribution in [0, 0.1) is 6.92 Å². The molecule has 1 aromatic rings. The molecule has 112 valence electrons. The highest BCUT2D eigenvalue weighted by atomic mass is 16.1. The molecule has 0 radical (unpaired) electrons. The Kier molecular flexibility index (Phi) is 6.68. The van der Waals surface area contributed by atoms with E-state index < -0.39 is 0 Å². The molecule has 3 N–H and O–H groups in total. The minimum atomic E-state index is 0.0160. The van der Waals surface area contributed by atoms with Crippen molar-refractivity contribution in [2.24, 2.45) is 5.73 Å². The number of benzene rings is 1. The van der Waals surface area contributed by atoms with Crippen molar-refractivity contribution in [3.63, 3.8) is 0 Å². The monoisotopic (exact) mass is 277 g/mol. The number of carbonyl (C=O) groups is 1. The lowest BCUT2D eigenvalue weighted by atomic mass is 9.95. The average molecular weight is 277 g/mol. The Balaban J connectivity index is 3.03. The lowest BCUT2D eigenvalue weighted by molar-refractivity contribution is -0.122. The Morgan fingerprint density at radius 3 is 2.35 bits per heavy atom. The molecule has 0 spiro atoms. The standard InChI is InChI=1S/C16H27N3O/c1-5-14(17)16(13-9-7-12(3)8-10-13)19(6-2)11-15(20)18-4/h7-10,14,16H,5-6,11,17H2,1-4H3,(H,18,20). The zero-order chi connectivity index (χ0) is 15.1. The van der Waals surface area contributed by atoms with Crippen molar-refractivity contribution >= 4 is 5.91 Å². The highest BCUT2D eigenvalue weighted by Gasteiger charge is 2.25. The van der Waals surface area contributed by atoms with E-state index >= 15 is 0 Å². The van der Waals surface area contributed by atoms with Gasteiger partial charge in [-0.25, -0.2) is 0 Å². The van der Waals surface area contributed by atoms with E-state index in [-0.39, 0.29) is 18.0 Å². The van der Waals surface area contributed by atoms with E-state index in [4.69, 9.17) is 5.73 Å². The second kappa shape index (κ2) is 8.02. The first-order valence-corrected chi connectivity index (χ1v) is 7.30. The number of carbonyl (C=O) groups excluding carboxylic acids is 1. The van der Waals surface area contributed by atoms with Crippen molar-refractivity contribution in [1.29, 1.82) is 0 Å². The Morgan fingerprint density at radius 1 is 1.30 bits per heavy atom. The van der Waals surface area contributed by atoms with Gasteiger partial charge >= 0.3 is 0 Å². The largest absolute Gasteiger partial charge is 0.358 e. The molecule has 1 amide bonds. The summed E-state index contributed by atoms with van der Waals surface area (Å²) in [5, 5.41) is 2.68. The summed E-state index contributed by atoms with van der Waals surface area (Å²) in [4.78, 5) is 13.8. The Morgan fingerprint density at radius 2 is 1.90 bits per heavy atom. The molecule has 0 heterocycles. The van der Waals surface area contributed by atoms with Gasteiger partial charge in [-0.05, 0) is 25.5 Å². The molecule has 0 aliphatic heterocycles. The molecule has 0 aliphatic carbocycles. The van der Waals surface area contributed by atoms with Crippen LogP contribution in [0.15, 0.2) is 24.3 Å². The molecule has 0 aliphatic rings. The zero-order valence-electron chi connectivity index (χ0n) is 13.0. The molecular formula is C16H27N3O. The predicted octanol–water partition coefficient (Wildman–Crippen LogP) is 1.84. The van der Waals surface area contributed by atoms with Crippen LogP contribution < -0.4 is 11.1 Å². The maximum absolute atomic E-state index is 11.7. The Hall–Kier alpha value is -1.39. The lowest BCUT2D eigenvalue weighted by Gasteiger charge is -2.34. The molecule has 2 unspecified atom stereocenters. The summed E-state index contributed by atoms with van der Waals surface area (Å²) in [6.45, 7) is 7.38. The number of nitrogens with zero attached hydrogens (tertiary/aromatic N) is 1. The van der Waals surface area contributed by atoms with Gasteiger partial charge in [0.25, 0.3) is 0 Å². The van der Waals surface area contributed by atoms with Gasteiger partial charge in [0.05, 0.1) is 12.6 Å². The van der Waals surface area contributed by atoms with Gasteiger partial charge in [-0.1, -0.05) is 43.7 Å². The molecule has 2 atom stereocenters. The minimum absolute atomic E-state index is 0.0160. The lowest BCUT2D eigenvalue weighted by Crippen LogP contribution is -2.45. The van der Waals surface area contributed by atoms with E-state index in [9.17, 15) is 4.79 Å². The van der Waals surface area contributed by atoms with Gasteiger partial charge in [-0.15, -0.1) is 0 Å². The second-order valence-corrected chi connectivity index (χ2v) is 5.16. The van der Waals surface area contributed by atoms with Crippen molar-refractivity contribution in [2.75, 3.05) is 20.1 Å². The molecule has 1 aromatic carbocycles. The average Bonchev–Trinajstić information content (AvgIpc) is 2.47. The van der Waals surface area contributed by atoms with Crippen molar-refractivity contribution in [2.45, 2.75) is 39.3 Å². The first-order chi connectivity index (χ1) is 9.53. The van der Waals surface area contributed by atoms with Crippen molar-refractivity contribution in [3.05, 3.63) is 35.4 Å². The maximum atomic E-state index is 11.7. The third kappa shape index (κ3) is 4.32. The van der Waals surface area contributed by atoms with Crippen molar-refractivity contribution < 1.29 is 4.79 Å². The summed E-state index contributed by atoms with van der Waals surface area (Å²) in [5.41, 5.74) is 8.71. The van der Waals surface area contributed by atoms with Crippen LogP contribution in [-0.2, 0) is 4.79 Å². The zero-order valence-corrected chi connectivity index (χ0v) is 13.0. The van der Waals surface area contributed by atoms with Crippen LogP contribution in [0.1, 0.15) is 37.4 Å². The van der Waals surface area contributed by atoms with E-state index in [1.807, 2.05) is 0 Å². The summed E-state index contributed by atoms with van der Waals surface area (Å²) in [6, 6.07) is 8.51. The minimum Gasteiger partial charge on any atom is -0.358 e. The molecule has 0 saturated carbocycles. The van der Waals surface area contributed by atoms with E-state index in [2.05, 4.69) is 55.3 Å². The van der Waals surface area contributed by atoms with E-state index in [1.54, 1.807) is 7.05 Å². The Labute approximate surface area is 122 Å². The normalized spacial score (nSPS) is 14.1. The molecule has 4 heteroatoms. The summed E-state index contributed by atoms with van der Waals surface area (Å²) in [5.74, 6) is 0.0206. The first kappa shape index (κ1) is 16.7. The Bertz CT molecular complexity index is 416. The van der Waals surface area contributed by atoms with Gasteiger partial charge in [-0.3, -0.25) is 9.69 Å². The van der Waals surface area contributed by atoms with Gasteiger partial charge in [0.1, 0.15) is 0 Å². The van der Waals surface area contributed by atoms with Gasteiger partial charge < -0.3 is 11.1 Å². The number of rotatable bonds is 7. The number of hydrogen-bond donors (Lipinski definition) is 2. The maximum Gasteiger partial charge on any atom is 0.233 e.